The highest BCUT2D eigenvalue weighted by atomic mass is 79.9. The van der Waals surface area contributed by atoms with Gasteiger partial charge in [-0.05, 0) is 40.0 Å². The van der Waals surface area contributed by atoms with Crippen molar-refractivity contribution in [3.05, 3.63) is 58.2 Å². The molecule has 0 saturated heterocycles. The molecule has 3 aromatic rings. The predicted molar refractivity (Wildman–Crippen MR) is 106 cm³/mol. The first-order chi connectivity index (χ1) is 12.6. The van der Waals surface area contributed by atoms with E-state index in [-0.39, 0.29) is 12.6 Å². The zero-order chi connectivity index (χ0) is 18.5. The number of aromatic nitrogens is 2. The molecule has 6 heteroatoms. The summed E-state index contributed by atoms with van der Waals surface area (Å²) < 4.78 is 5.89. The molecular weight excluding hydrogens is 394 g/mol. The van der Waals surface area contributed by atoms with Gasteiger partial charge in [-0.2, -0.15) is 0 Å². The van der Waals surface area contributed by atoms with E-state index in [1.165, 1.54) is 12.5 Å². The van der Waals surface area contributed by atoms with Crippen LogP contribution in [-0.2, 0) is 22.6 Å². The van der Waals surface area contributed by atoms with Crippen LogP contribution in [0.2, 0.25) is 0 Å². The van der Waals surface area contributed by atoms with Crippen molar-refractivity contribution in [3.63, 3.8) is 0 Å². The molecular formula is C20H20BrN3O2. The van der Waals surface area contributed by atoms with E-state index >= 15 is 0 Å². The van der Waals surface area contributed by atoms with Crippen LogP contribution in [0.5, 0.6) is 0 Å². The number of nitrogens with one attached hydrogen (secondary N) is 1. The van der Waals surface area contributed by atoms with Crippen molar-refractivity contribution in [2.75, 3.05) is 5.32 Å². The lowest BCUT2D eigenvalue weighted by atomic mass is 10.1. The Morgan fingerprint density at radius 1 is 1.19 bits per heavy atom. The van der Waals surface area contributed by atoms with Gasteiger partial charge in [0, 0.05) is 29.8 Å². The first kappa shape index (κ1) is 18.3. The maximum absolute atomic E-state index is 11.0. The van der Waals surface area contributed by atoms with Gasteiger partial charge in [0.05, 0.1) is 9.99 Å². The SMILES string of the molecule is CCCc1ccc(Nc2ncc3ccc(COC(C)=O)c(Br)c3n2)cc1. The smallest absolute Gasteiger partial charge is 0.302 e. The standard InChI is InChI=1S/C20H20BrN3O2/c1-3-4-14-5-9-17(10-6-14)23-20-22-11-15-7-8-16(12-26-13(2)25)18(21)19(15)24-20/h5-11H,3-4,12H2,1-2H3,(H,22,23,24). The van der Waals surface area contributed by atoms with Gasteiger partial charge in [0.25, 0.3) is 0 Å². The number of carbonyl (C=O) groups excluding carboxylic acids is 1. The number of carbonyl (C=O) groups is 1. The molecule has 0 saturated carbocycles. The number of esters is 1. The van der Waals surface area contributed by atoms with Gasteiger partial charge in [-0.25, -0.2) is 9.97 Å². The maximum atomic E-state index is 11.0. The lowest BCUT2D eigenvalue weighted by molar-refractivity contribution is -0.142. The molecule has 26 heavy (non-hydrogen) atoms. The Kier molecular flexibility index (Phi) is 5.83. The van der Waals surface area contributed by atoms with Crippen molar-refractivity contribution >= 4 is 44.4 Å². The van der Waals surface area contributed by atoms with Gasteiger partial charge in [0.2, 0.25) is 5.95 Å². The van der Waals surface area contributed by atoms with Crippen LogP contribution in [0.4, 0.5) is 11.6 Å². The van der Waals surface area contributed by atoms with Crippen LogP contribution in [0.3, 0.4) is 0 Å². The third-order valence-electron chi connectivity index (χ3n) is 3.95. The van der Waals surface area contributed by atoms with E-state index in [1.807, 2.05) is 24.3 Å². The van der Waals surface area contributed by atoms with Gasteiger partial charge < -0.3 is 10.1 Å². The summed E-state index contributed by atoms with van der Waals surface area (Å²) in [5, 5.41) is 4.14. The minimum Gasteiger partial charge on any atom is -0.461 e. The number of aryl methyl sites for hydroxylation is 1. The zero-order valence-corrected chi connectivity index (χ0v) is 16.3. The molecule has 134 valence electrons. The molecule has 0 aliphatic rings. The number of fused-ring (bicyclic) bond motifs is 1. The van der Waals surface area contributed by atoms with Gasteiger partial charge in [0.15, 0.2) is 0 Å². The molecule has 0 radical (unpaired) electrons. The lowest BCUT2D eigenvalue weighted by Gasteiger charge is -2.10. The van der Waals surface area contributed by atoms with Crippen molar-refractivity contribution in [3.8, 4) is 0 Å². The highest BCUT2D eigenvalue weighted by Gasteiger charge is 2.10. The Morgan fingerprint density at radius 2 is 1.96 bits per heavy atom. The molecule has 0 aliphatic carbocycles. The number of hydrogen-bond donors (Lipinski definition) is 1. The van der Waals surface area contributed by atoms with Crippen molar-refractivity contribution in [1.82, 2.24) is 9.97 Å². The summed E-state index contributed by atoms with van der Waals surface area (Å²) in [6.07, 6.45) is 3.98. The molecule has 1 aromatic heterocycles. The fraction of sp³-hybridized carbons (Fsp3) is 0.250. The van der Waals surface area contributed by atoms with Gasteiger partial charge in [0.1, 0.15) is 6.61 Å². The second kappa shape index (κ2) is 8.27. The lowest BCUT2D eigenvalue weighted by Crippen LogP contribution is -2.01. The monoisotopic (exact) mass is 413 g/mol. The number of nitrogens with zero attached hydrogens (tertiary/aromatic N) is 2. The average molecular weight is 414 g/mol. The number of anilines is 2. The Morgan fingerprint density at radius 3 is 2.65 bits per heavy atom. The van der Waals surface area contributed by atoms with Crippen molar-refractivity contribution < 1.29 is 9.53 Å². The number of benzene rings is 2. The molecule has 0 bridgehead atoms. The van der Waals surface area contributed by atoms with Crippen LogP contribution in [0.15, 0.2) is 47.1 Å². The van der Waals surface area contributed by atoms with E-state index < -0.39 is 0 Å². The van der Waals surface area contributed by atoms with Crippen LogP contribution in [0, 0.1) is 0 Å². The summed E-state index contributed by atoms with van der Waals surface area (Å²) in [6.45, 7) is 3.77. The highest BCUT2D eigenvalue weighted by Crippen LogP contribution is 2.28. The van der Waals surface area contributed by atoms with Gasteiger partial charge in [-0.1, -0.05) is 37.6 Å². The first-order valence-corrected chi connectivity index (χ1v) is 9.29. The Bertz CT molecular complexity index is 926. The van der Waals surface area contributed by atoms with Crippen molar-refractivity contribution in [2.24, 2.45) is 0 Å². The molecule has 0 spiro atoms. The van der Waals surface area contributed by atoms with Crippen LogP contribution in [0.25, 0.3) is 10.9 Å². The van der Waals surface area contributed by atoms with Gasteiger partial charge >= 0.3 is 5.97 Å². The van der Waals surface area contributed by atoms with Crippen LogP contribution in [-0.4, -0.2) is 15.9 Å². The maximum Gasteiger partial charge on any atom is 0.302 e. The quantitative estimate of drug-likeness (QED) is 0.565. The van der Waals surface area contributed by atoms with Crippen molar-refractivity contribution in [2.45, 2.75) is 33.3 Å². The molecule has 3 rings (SSSR count). The summed E-state index contributed by atoms with van der Waals surface area (Å²) in [5.74, 6) is 0.208. The summed E-state index contributed by atoms with van der Waals surface area (Å²) >= 11 is 3.57. The molecule has 1 N–H and O–H groups in total. The largest absolute Gasteiger partial charge is 0.461 e. The number of rotatable bonds is 6. The number of hydrogen-bond acceptors (Lipinski definition) is 5. The molecule has 0 aliphatic heterocycles. The second-order valence-electron chi connectivity index (χ2n) is 6.02. The normalized spacial score (nSPS) is 10.7. The van der Waals surface area contributed by atoms with E-state index in [2.05, 4.69) is 50.3 Å². The molecule has 0 fully saturated rings. The van der Waals surface area contributed by atoms with E-state index in [9.17, 15) is 4.79 Å². The minimum atomic E-state index is -0.312. The van der Waals surface area contributed by atoms with Crippen LogP contribution in [0.1, 0.15) is 31.4 Å². The minimum absolute atomic E-state index is 0.206. The van der Waals surface area contributed by atoms with E-state index in [4.69, 9.17) is 4.74 Å². The molecule has 0 atom stereocenters. The highest BCUT2D eigenvalue weighted by molar-refractivity contribution is 9.10. The fourth-order valence-corrected chi connectivity index (χ4v) is 3.19. The second-order valence-corrected chi connectivity index (χ2v) is 6.82. The Hall–Kier alpha value is -2.47. The fourth-order valence-electron chi connectivity index (χ4n) is 2.63. The third kappa shape index (κ3) is 4.38. The summed E-state index contributed by atoms with van der Waals surface area (Å²) in [4.78, 5) is 20.0. The molecule has 2 aromatic carbocycles. The Labute approximate surface area is 160 Å². The van der Waals surface area contributed by atoms with E-state index in [0.717, 1.165) is 39.5 Å². The number of halogens is 1. The first-order valence-electron chi connectivity index (χ1n) is 8.50. The molecule has 5 nitrogen and oxygen atoms in total. The zero-order valence-electron chi connectivity index (χ0n) is 14.8. The van der Waals surface area contributed by atoms with E-state index in [0.29, 0.717) is 5.95 Å². The van der Waals surface area contributed by atoms with Crippen LogP contribution < -0.4 is 5.32 Å². The van der Waals surface area contributed by atoms with Gasteiger partial charge in [-0.3, -0.25) is 4.79 Å². The molecule has 1 heterocycles. The Balaban J connectivity index is 1.85. The summed E-state index contributed by atoms with van der Waals surface area (Å²) in [7, 11) is 0. The molecule has 0 amide bonds. The van der Waals surface area contributed by atoms with E-state index in [1.54, 1.807) is 6.20 Å². The van der Waals surface area contributed by atoms with Gasteiger partial charge in [-0.15, -0.1) is 0 Å². The average Bonchev–Trinajstić information content (AvgIpc) is 2.63. The predicted octanol–water partition coefficient (Wildman–Crippen LogP) is 5.15. The summed E-state index contributed by atoms with van der Waals surface area (Å²) in [6, 6.07) is 12.1. The third-order valence-corrected chi connectivity index (χ3v) is 4.84. The molecule has 0 unspecified atom stereocenters. The number of ether oxygens (including phenoxy) is 1. The van der Waals surface area contributed by atoms with Crippen LogP contribution >= 0.6 is 15.9 Å². The topological polar surface area (TPSA) is 64.1 Å². The summed E-state index contributed by atoms with van der Waals surface area (Å²) in [5.41, 5.74) is 3.89. The van der Waals surface area contributed by atoms with Crippen molar-refractivity contribution in [1.29, 1.82) is 0 Å².